The van der Waals surface area contributed by atoms with E-state index in [4.69, 9.17) is 0 Å². The second-order valence-electron chi connectivity index (χ2n) is 8.07. The molecule has 1 aliphatic rings. The maximum Gasteiger partial charge on any atom is 0.349 e. The van der Waals surface area contributed by atoms with Crippen LogP contribution in [-0.2, 0) is 11.8 Å². The number of hydrogen-bond donors (Lipinski definition) is 2. The van der Waals surface area contributed by atoms with Crippen LogP contribution in [0.15, 0.2) is 40.6 Å². The highest BCUT2D eigenvalue weighted by atomic mass is 19.1. The van der Waals surface area contributed by atoms with Crippen LogP contribution in [0.3, 0.4) is 0 Å². The molecule has 0 bridgehead atoms. The van der Waals surface area contributed by atoms with Crippen LogP contribution < -0.4 is 16.3 Å². The Kier molecular flexibility index (Phi) is 8.57. The number of aryl methyl sites for hydroxylation is 2. The summed E-state index contributed by atoms with van der Waals surface area (Å²) in [5, 5.41) is 5.80. The highest BCUT2D eigenvalue weighted by Gasteiger charge is 2.43. The molecule has 0 aromatic carbocycles. The molecule has 3 aromatic heterocycles. The summed E-state index contributed by atoms with van der Waals surface area (Å²) in [6.07, 6.45) is 4.43. The fourth-order valence-electron chi connectivity index (χ4n) is 3.48. The maximum atomic E-state index is 13.2. The Morgan fingerprint density at radius 1 is 1.25 bits per heavy atom. The third-order valence-corrected chi connectivity index (χ3v) is 5.60. The summed E-state index contributed by atoms with van der Waals surface area (Å²) >= 11 is 0. The first-order valence-electron chi connectivity index (χ1n) is 11.9. The Balaban J connectivity index is 0.00000176. The van der Waals surface area contributed by atoms with Gasteiger partial charge in [-0.1, -0.05) is 20.8 Å². The average molecular weight is 495 g/mol. The van der Waals surface area contributed by atoms with Gasteiger partial charge in [0.25, 0.3) is 0 Å². The quantitative estimate of drug-likeness (QED) is 0.478. The molecule has 2 atom stereocenters. The van der Waals surface area contributed by atoms with Gasteiger partial charge in [-0.2, -0.15) is 4.98 Å². The Labute approximate surface area is 209 Å². The lowest BCUT2D eigenvalue weighted by molar-refractivity contribution is -0.117. The summed E-state index contributed by atoms with van der Waals surface area (Å²) in [4.78, 5) is 45.7. The van der Waals surface area contributed by atoms with Crippen LogP contribution in [0.5, 0.6) is 0 Å². The number of carbonyl (C=O) groups excluding carboxylic acids is 1. The van der Waals surface area contributed by atoms with Crippen LogP contribution >= 0.6 is 0 Å². The molecule has 3 heterocycles. The van der Waals surface area contributed by atoms with E-state index in [1.54, 1.807) is 32.6 Å². The van der Waals surface area contributed by atoms with Gasteiger partial charge in [-0.25, -0.2) is 19.2 Å². The third kappa shape index (κ3) is 5.96. The predicted molar refractivity (Wildman–Crippen MR) is 138 cm³/mol. The van der Waals surface area contributed by atoms with Gasteiger partial charge >= 0.3 is 5.69 Å². The molecular formula is C25H31FN8O2. The smallest absolute Gasteiger partial charge is 0.338 e. The predicted octanol–water partition coefficient (Wildman–Crippen LogP) is 3.84. The van der Waals surface area contributed by atoms with Crippen molar-refractivity contribution in [3.63, 3.8) is 0 Å². The molecule has 1 fully saturated rings. The Morgan fingerprint density at radius 3 is 2.58 bits per heavy atom. The molecule has 3 aromatic rings. The van der Waals surface area contributed by atoms with Crippen LogP contribution in [-0.4, -0.2) is 49.3 Å². The van der Waals surface area contributed by atoms with Crippen molar-refractivity contribution in [1.29, 1.82) is 0 Å². The van der Waals surface area contributed by atoms with E-state index in [0.717, 1.165) is 23.4 Å². The van der Waals surface area contributed by atoms with Crippen molar-refractivity contribution in [3.8, 4) is 11.3 Å². The lowest BCUT2D eigenvalue weighted by Gasteiger charge is -2.14. The van der Waals surface area contributed by atoms with Crippen molar-refractivity contribution >= 4 is 28.9 Å². The van der Waals surface area contributed by atoms with Crippen molar-refractivity contribution in [2.45, 2.75) is 46.7 Å². The molecule has 1 saturated carbocycles. The first kappa shape index (κ1) is 26.6. The van der Waals surface area contributed by atoms with Crippen molar-refractivity contribution in [3.05, 3.63) is 52.6 Å². The second kappa shape index (κ2) is 11.6. The molecule has 0 spiro atoms. The van der Waals surface area contributed by atoms with Gasteiger partial charge in [-0.3, -0.25) is 14.8 Å². The van der Waals surface area contributed by atoms with Crippen molar-refractivity contribution < 1.29 is 9.18 Å². The zero-order valence-electron chi connectivity index (χ0n) is 21.3. The number of aromatic nitrogens is 5. The molecule has 0 radical (unpaired) electrons. The molecule has 0 aliphatic heterocycles. The van der Waals surface area contributed by atoms with Crippen LogP contribution in [0.25, 0.3) is 11.3 Å². The Morgan fingerprint density at radius 2 is 1.97 bits per heavy atom. The first-order valence-corrected chi connectivity index (χ1v) is 11.9. The normalized spacial score (nSPS) is 16.6. The average Bonchev–Trinajstić information content (AvgIpc) is 3.61. The molecule has 1 aliphatic carbocycles. The van der Waals surface area contributed by atoms with E-state index in [2.05, 4.69) is 35.6 Å². The number of rotatable bonds is 7. The molecule has 4 rings (SSSR count). The van der Waals surface area contributed by atoms with Gasteiger partial charge in [0.2, 0.25) is 5.91 Å². The Hall–Kier alpha value is -4.02. The number of nitrogens with zero attached hydrogens (tertiary/aromatic N) is 6. The summed E-state index contributed by atoms with van der Waals surface area (Å²) in [7, 11) is 3.32. The fraction of sp³-hybridized carbons (Fsp3) is 0.400. The molecular weight excluding hydrogens is 463 g/mol. The maximum absolute atomic E-state index is 13.2. The summed E-state index contributed by atoms with van der Waals surface area (Å²) in [6, 6.07) is 3.48. The Bertz CT molecular complexity index is 1340. The number of alkyl halides is 1. The number of anilines is 3. The molecule has 190 valence electrons. The van der Waals surface area contributed by atoms with E-state index in [1.807, 2.05) is 33.8 Å². The molecule has 1 amide bonds. The van der Waals surface area contributed by atoms with Gasteiger partial charge in [0.15, 0.2) is 0 Å². The van der Waals surface area contributed by atoms with E-state index in [1.165, 1.54) is 10.9 Å². The SMILES string of the molecule is CC.CCC(=NC)c1cc(C)c(Nc2nc(=O)n(C)cc2-c2cc(NC(=O)C3CC3F)ncn2)cn1. The largest absolute Gasteiger partial charge is 0.349 e. The topological polar surface area (TPSA) is 127 Å². The van der Waals surface area contributed by atoms with Crippen molar-refractivity contribution in [2.24, 2.45) is 18.0 Å². The number of halogens is 1. The lowest BCUT2D eigenvalue weighted by atomic mass is 10.1. The minimum atomic E-state index is -1.11. The van der Waals surface area contributed by atoms with Gasteiger partial charge in [-0.15, -0.1) is 0 Å². The number of aliphatic imine (C=N–C) groups is 1. The molecule has 11 heteroatoms. The third-order valence-electron chi connectivity index (χ3n) is 5.60. The highest BCUT2D eigenvalue weighted by Crippen LogP contribution is 2.35. The van der Waals surface area contributed by atoms with Gasteiger partial charge in [0.1, 0.15) is 24.1 Å². The molecule has 0 saturated heterocycles. The minimum absolute atomic E-state index is 0.221. The second-order valence-corrected chi connectivity index (χ2v) is 8.07. The molecule has 2 N–H and O–H groups in total. The van der Waals surface area contributed by atoms with Gasteiger partial charge in [0.05, 0.1) is 40.5 Å². The van der Waals surface area contributed by atoms with E-state index >= 15 is 0 Å². The summed E-state index contributed by atoms with van der Waals surface area (Å²) in [5.41, 5.74) is 3.73. The highest BCUT2D eigenvalue weighted by molar-refractivity contribution is 5.99. The monoisotopic (exact) mass is 494 g/mol. The lowest BCUT2D eigenvalue weighted by Crippen LogP contribution is -2.21. The zero-order valence-corrected chi connectivity index (χ0v) is 21.3. The minimum Gasteiger partial charge on any atom is -0.338 e. The fourth-order valence-corrected chi connectivity index (χ4v) is 3.48. The molecule has 36 heavy (non-hydrogen) atoms. The van der Waals surface area contributed by atoms with Crippen LogP contribution in [0.1, 0.15) is 44.9 Å². The molecule has 2 unspecified atom stereocenters. The van der Waals surface area contributed by atoms with Gasteiger partial charge in [-0.05, 0) is 31.4 Å². The van der Waals surface area contributed by atoms with Crippen LogP contribution in [0, 0.1) is 12.8 Å². The standard InChI is InChI=1S/C23H25FN8O2.C2H6/c1-5-16(25-3)18-6-12(2)19(9-26-18)29-21-14(10-32(4)23(34)31-21)17-8-20(28-11-27-17)30-22(33)13-7-15(13)24;1-2/h6,8-11,13,15H,5,7H2,1-4H3,(H,29,31,34)(H,27,28,30,33);1-2H3. The first-order chi connectivity index (χ1) is 17.3. The number of nitrogens with one attached hydrogen (secondary N) is 2. The van der Waals surface area contributed by atoms with E-state index in [9.17, 15) is 14.0 Å². The van der Waals surface area contributed by atoms with Gasteiger partial charge in [0, 0.05) is 26.4 Å². The van der Waals surface area contributed by atoms with Gasteiger partial charge < -0.3 is 15.2 Å². The van der Waals surface area contributed by atoms with Crippen LogP contribution in [0.2, 0.25) is 0 Å². The number of hydrogen-bond acceptors (Lipinski definition) is 8. The van der Waals surface area contributed by atoms with E-state index in [-0.39, 0.29) is 18.1 Å². The summed E-state index contributed by atoms with van der Waals surface area (Å²) in [5.74, 6) is -0.540. The number of carbonyl (C=O) groups is 1. The summed E-state index contributed by atoms with van der Waals surface area (Å²) in [6.45, 7) is 7.94. The van der Waals surface area contributed by atoms with E-state index < -0.39 is 23.7 Å². The van der Waals surface area contributed by atoms with Crippen molar-refractivity contribution in [2.75, 3.05) is 17.7 Å². The number of pyridine rings is 1. The number of amides is 1. The van der Waals surface area contributed by atoms with Crippen LogP contribution in [0.4, 0.5) is 21.7 Å². The zero-order chi connectivity index (χ0) is 26.4. The van der Waals surface area contributed by atoms with Crippen molar-refractivity contribution in [1.82, 2.24) is 24.5 Å². The summed E-state index contributed by atoms with van der Waals surface area (Å²) < 4.78 is 14.5. The van der Waals surface area contributed by atoms with E-state index in [0.29, 0.717) is 16.9 Å². The molecule has 10 nitrogen and oxygen atoms in total.